The Kier molecular flexibility index (Phi) is 7.00. The third kappa shape index (κ3) is 5.47. The van der Waals surface area contributed by atoms with Crippen LogP contribution in [0.4, 0.5) is 4.79 Å². The second-order valence-corrected chi connectivity index (χ2v) is 6.64. The highest BCUT2D eigenvalue weighted by Crippen LogP contribution is 2.13. The van der Waals surface area contributed by atoms with Crippen molar-refractivity contribution in [2.24, 2.45) is 0 Å². The molecule has 0 unspecified atom stereocenters. The average molecular weight is 361 g/mol. The number of likely N-dealkylation sites (tertiary alicyclic amines) is 1. The lowest BCUT2D eigenvalue weighted by molar-refractivity contribution is 0.0857. The quantitative estimate of drug-likeness (QED) is 0.841. The van der Waals surface area contributed by atoms with Crippen LogP contribution in [-0.2, 0) is 4.74 Å². The molecule has 1 saturated heterocycles. The van der Waals surface area contributed by atoms with Crippen molar-refractivity contribution in [3.63, 3.8) is 0 Å². The van der Waals surface area contributed by atoms with Crippen LogP contribution in [0.5, 0.6) is 0 Å². The molecule has 142 valence electrons. The topological polar surface area (TPSA) is 87.7 Å². The fraction of sp³-hybridized carbons (Fsp3) is 0.526. The Balaban J connectivity index is 1.85. The van der Waals surface area contributed by atoms with Crippen LogP contribution < -0.4 is 10.6 Å². The monoisotopic (exact) mass is 361 g/mol. The van der Waals surface area contributed by atoms with E-state index in [9.17, 15) is 14.4 Å². The van der Waals surface area contributed by atoms with E-state index in [0.29, 0.717) is 43.7 Å². The van der Waals surface area contributed by atoms with E-state index in [0.717, 1.165) is 0 Å². The summed E-state index contributed by atoms with van der Waals surface area (Å²) >= 11 is 0. The zero-order valence-corrected chi connectivity index (χ0v) is 15.6. The van der Waals surface area contributed by atoms with E-state index in [4.69, 9.17) is 4.74 Å². The minimum absolute atomic E-state index is 0.0251. The summed E-state index contributed by atoms with van der Waals surface area (Å²) in [6.07, 6.45) is 1.09. The minimum Gasteiger partial charge on any atom is -0.450 e. The van der Waals surface area contributed by atoms with Gasteiger partial charge in [-0.15, -0.1) is 0 Å². The number of piperidine rings is 1. The number of nitrogens with zero attached hydrogens (tertiary/aromatic N) is 1. The maximum absolute atomic E-state index is 12.4. The van der Waals surface area contributed by atoms with Crippen molar-refractivity contribution >= 4 is 17.9 Å². The lowest BCUT2D eigenvalue weighted by Crippen LogP contribution is -2.46. The molecule has 0 spiro atoms. The third-order valence-corrected chi connectivity index (χ3v) is 4.19. The molecule has 3 amide bonds. The molecule has 1 aliphatic heterocycles. The fourth-order valence-corrected chi connectivity index (χ4v) is 2.81. The molecule has 1 aromatic rings. The number of benzene rings is 1. The van der Waals surface area contributed by atoms with E-state index in [-0.39, 0.29) is 30.0 Å². The Morgan fingerprint density at radius 2 is 1.62 bits per heavy atom. The number of hydrogen-bond acceptors (Lipinski definition) is 4. The van der Waals surface area contributed by atoms with Crippen LogP contribution in [0.1, 0.15) is 54.3 Å². The van der Waals surface area contributed by atoms with Gasteiger partial charge in [-0.2, -0.15) is 0 Å². The first kappa shape index (κ1) is 19.8. The summed E-state index contributed by atoms with van der Waals surface area (Å²) in [7, 11) is 0. The zero-order valence-electron chi connectivity index (χ0n) is 15.6. The van der Waals surface area contributed by atoms with Crippen LogP contribution in [0.3, 0.4) is 0 Å². The number of carbonyl (C=O) groups is 3. The molecule has 26 heavy (non-hydrogen) atoms. The van der Waals surface area contributed by atoms with Gasteiger partial charge in [0.2, 0.25) is 0 Å². The van der Waals surface area contributed by atoms with Gasteiger partial charge in [0, 0.05) is 36.3 Å². The lowest BCUT2D eigenvalue weighted by atomic mass is 10.0. The van der Waals surface area contributed by atoms with E-state index in [2.05, 4.69) is 10.6 Å². The van der Waals surface area contributed by atoms with Gasteiger partial charge in [0.15, 0.2) is 0 Å². The summed E-state index contributed by atoms with van der Waals surface area (Å²) in [5.74, 6) is -0.325. The van der Waals surface area contributed by atoms with Gasteiger partial charge in [0.25, 0.3) is 11.8 Å². The zero-order chi connectivity index (χ0) is 19.1. The van der Waals surface area contributed by atoms with Gasteiger partial charge in [0.05, 0.1) is 6.61 Å². The maximum Gasteiger partial charge on any atom is 0.409 e. The van der Waals surface area contributed by atoms with Crippen molar-refractivity contribution < 1.29 is 19.1 Å². The molecule has 0 bridgehead atoms. The Labute approximate surface area is 154 Å². The van der Waals surface area contributed by atoms with Crippen LogP contribution in [0.15, 0.2) is 24.3 Å². The van der Waals surface area contributed by atoms with Crippen molar-refractivity contribution in [3.8, 4) is 0 Å². The number of hydrogen-bond donors (Lipinski definition) is 2. The van der Waals surface area contributed by atoms with Gasteiger partial charge < -0.3 is 20.3 Å². The highest BCUT2D eigenvalue weighted by molar-refractivity contribution is 5.98. The first-order chi connectivity index (χ1) is 12.4. The lowest BCUT2D eigenvalue weighted by Gasteiger charge is -2.31. The molecule has 0 aliphatic carbocycles. The first-order valence-corrected chi connectivity index (χ1v) is 9.04. The highest BCUT2D eigenvalue weighted by Gasteiger charge is 2.24. The predicted octanol–water partition coefficient (Wildman–Crippen LogP) is 2.18. The van der Waals surface area contributed by atoms with Crippen molar-refractivity contribution in [2.75, 3.05) is 19.7 Å². The van der Waals surface area contributed by atoms with Crippen LogP contribution in [0, 0.1) is 0 Å². The molecule has 1 fully saturated rings. The van der Waals surface area contributed by atoms with Gasteiger partial charge in [-0.3, -0.25) is 9.59 Å². The van der Waals surface area contributed by atoms with Crippen LogP contribution in [0.2, 0.25) is 0 Å². The molecule has 1 heterocycles. The Bertz CT molecular complexity index is 635. The summed E-state index contributed by atoms with van der Waals surface area (Å²) in [6.45, 7) is 7.07. The van der Waals surface area contributed by atoms with E-state index in [1.165, 1.54) is 0 Å². The molecule has 0 saturated carbocycles. The molecule has 1 aromatic carbocycles. The summed E-state index contributed by atoms with van der Waals surface area (Å²) in [5.41, 5.74) is 1.04. The predicted molar refractivity (Wildman–Crippen MR) is 98.1 cm³/mol. The smallest absolute Gasteiger partial charge is 0.409 e. The van der Waals surface area contributed by atoms with Crippen molar-refractivity contribution in [3.05, 3.63) is 35.4 Å². The highest BCUT2D eigenvalue weighted by atomic mass is 16.6. The third-order valence-electron chi connectivity index (χ3n) is 4.19. The van der Waals surface area contributed by atoms with E-state index in [1.807, 2.05) is 13.8 Å². The molecule has 0 aromatic heterocycles. The summed E-state index contributed by atoms with van der Waals surface area (Å²) in [6, 6.07) is 6.69. The van der Waals surface area contributed by atoms with E-state index < -0.39 is 0 Å². The Morgan fingerprint density at radius 1 is 1.08 bits per heavy atom. The standard InChI is InChI=1S/C19H27N3O4/c1-4-26-19(25)22-11-9-16(10-12-22)21-18(24)15-7-5-14(6-8-15)17(23)20-13(2)3/h5-8,13,16H,4,9-12H2,1-3H3,(H,20,23)(H,21,24). The van der Waals surface area contributed by atoms with Crippen LogP contribution >= 0.6 is 0 Å². The normalized spacial score (nSPS) is 14.8. The fourth-order valence-electron chi connectivity index (χ4n) is 2.81. The number of rotatable bonds is 5. The largest absolute Gasteiger partial charge is 0.450 e. The Hall–Kier alpha value is -2.57. The summed E-state index contributed by atoms with van der Waals surface area (Å²) in [5, 5.41) is 5.80. The second kappa shape index (κ2) is 9.22. The van der Waals surface area contributed by atoms with Gasteiger partial charge in [-0.25, -0.2) is 4.79 Å². The summed E-state index contributed by atoms with van der Waals surface area (Å²) in [4.78, 5) is 37.7. The molecule has 7 heteroatoms. The van der Waals surface area contributed by atoms with Crippen LogP contribution in [0.25, 0.3) is 0 Å². The van der Waals surface area contributed by atoms with Crippen molar-refractivity contribution in [2.45, 2.75) is 45.7 Å². The molecule has 7 nitrogen and oxygen atoms in total. The van der Waals surface area contributed by atoms with Gasteiger partial charge >= 0.3 is 6.09 Å². The van der Waals surface area contributed by atoms with Crippen molar-refractivity contribution in [1.29, 1.82) is 0 Å². The van der Waals surface area contributed by atoms with Crippen molar-refractivity contribution in [1.82, 2.24) is 15.5 Å². The van der Waals surface area contributed by atoms with Crippen LogP contribution in [-0.4, -0.2) is 54.6 Å². The molecular formula is C19H27N3O4. The maximum atomic E-state index is 12.4. The molecule has 0 atom stereocenters. The summed E-state index contributed by atoms with van der Waals surface area (Å²) < 4.78 is 4.99. The van der Waals surface area contributed by atoms with Gasteiger partial charge in [-0.1, -0.05) is 0 Å². The van der Waals surface area contributed by atoms with E-state index >= 15 is 0 Å². The molecule has 2 N–H and O–H groups in total. The molecule has 0 radical (unpaired) electrons. The van der Waals surface area contributed by atoms with Gasteiger partial charge in [-0.05, 0) is 57.9 Å². The first-order valence-electron chi connectivity index (χ1n) is 9.04. The van der Waals surface area contributed by atoms with E-state index in [1.54, 1.807) is 36.1 Å². The number of nitrogens with one attached hydrogen (secondary N) is 2. The average Bonchev–Trinajstić information content (AvgIpc) is 2.62. The van der Waals surface area contributed by atoms with Gasteiger partial charge in [0.1, 0.15) is 0 Å². The minimum atomic E-state index is -0.299. The molecule has 2 rings (SSSR count). The Morgan fingerprint density at radius 3 is 2.12 bits per heavy atom. The number of amides is 3. The number of ether oxygens (including phenoxy) is 1. The molecular weight excluding hydrogens is 334 g/mol. The SMILES string of the molecule is CCOC(=O)N1CCC(NC(=O)c2ccc(C(=O)NC(C)C)cc2)CC1. The second-order valence-electron chi connectivity index (χ2n) is 6.64. The molecule has 1 aliphatic rings. The number of carbonyl (C=O) groups excluding carboxylic acids is 3.